The van der Waals surface area contributed by atoms with E-state index in [0.29, 0.717) is 11.6 Å². The molecule has 1 unspecified atom stereocenters. The summed E-state index contributed by atoms with van der Waals surface area (Å²) < 4.78 is 27.5. The Morgan fingerprint density at radius 1 is 1.33 bits per heavy atom. The standard InChI is InChI=1S/C15H23ClN2O2S/c1-3-18(13-5-4-9-17-10-8-13)21(19,20)15-7-6-12(2)11-14(15)16/h6-7,11,13,17H,3-5,8-10H2,1-2H3. The van der Waals surface area contributed by atoms with Crippen LogP contribution < -0.4 is 5.32 Å². The Morgan fingerprint density at radius 2 is 2.10 bits per heavy atom. The Labute approximate surface area is 132 Å². The third kappa shape index (κ3) is 3.77. The minimum atomic E-state index is -3.54. The lowest BCUT2D eigenvalue weighted by Gasteiger charge is -2.29. The summed E-state index contributed by atoms with van der Waals surface area (Å²) in [7, 11) is -3.54. The van der Waals surface area contributed by atoms with Gasteiger partial charge < -0.3 is 5.32 Å². The molecule has 1 atom stereocenters. The molecule has 21 heavy (non-hydrogen) atoms. The zero-order chi connectivity index (χ0) is 15.5. The second-order valence-electron chi connectivity index (χ2n) is 5.48. The van der Waals surface area contributed by atoms with E-state index in [1.54, 1.807) is 22.5 Å². The van der Waals surface area contributed by atoms with Gasteiger partial charge in [-0.05, 0) is 57.0 Å². The van der Waals surface area contributed by atoms with Gasteiger partial charge in [0.1, 0.15) is 4.90 Å². The van der Waals surface area contributed by atoms with Crippen molar-refractivity contribution in [2.75, 3.05) is 19.6 Å². The van der Waals surface area contributed by atoms with Gasteiger partial charge in [0.15, 0.2) is 0 Å². The quantitative estimate of drug-likeness (QED) is 0.923. The molecule has 0 radical (unpaired) electrons. The average Bonchev–Trinajstić information content (AvgIpc) is 2.67. The summed E-state index contributed by atoms with van der Waals surface area (Å²) >= 11 is 6.17. The molecule has 1 aliphatic heterocycles. The van der Waals surface area contributed by atoms with Crippen LogP contribution in [0.3, 0.4) is 0 Å². The number of halogens is 1. The molecule has 2 rings (SSSR count). The van der Waals surface area contributed by atoms with E-state index < -0.39 is 10.0 Å². The molecular weight excluding hydrogens is 308 g/mol. The van der Waals surface area contributed by atoms with Gasteiger partial charge in [0.05, 0.1) is 5.02 Å². The van der Waals surface area contributed by atoms with E-state index in [0.717, 1.165) is 37.9 Å². The first kappa shape index (κ1) is 16.7. The van der Waals surface area contributed by atoms with Gasteiger partial charge in [0.2, 0.25) is 10.0 Å². The molecule has 4 nitrogen and oxygen atoms in total. The monoisotopic (exact) mass is 330 g/mol. The average molecular weight is 331 g/mol. The number of nitrogens with zero attached hydrogens (tertiary/aromatic N) is 1. The van der Waals surface area contributed by atoms with Crippen molar-refractivity contribution in [1.82, 2.24) is 9.62 Å². The minimum absolute atomic E-state index is 0.0485. The fourth-order valence-electron chi connectivity index (χ4n) is 2.85. The van der Waals surface area contributed by atoms with Gasteiger partial charge in [0, 0.05) is 12.6 Å². The third-order valence-corrected chi connectivity index (χ3v) is 6.45. The van der Waals surface area contributed by atoms with Crippen molar-refractivity contribution in [2.45, 2.75) is 44.0 Å². The number of hydrogen-bond donors (Lipinski definition) is 1. The van der Waals surface area contributed by atoms with Gasteiger partial charge in [-0.25, -0.2) is 8.42 Å². The normalized spacial score (nSPS) is 20.5. The highest BCUT2D eigenvalue weighted by Gasteiger charge is 2.31. The molecule has 0 aliphatic carbocycles. The Balaban J connectivity index is 2.34. The second-order valence-corrected chi connectivity index (χ2v) is 7.74. The Hall–Kier alpha value is -0.620. The molecule has 0 spiro atoms. The van der Waals surface area contributed by atoms with Crippen molar-refractivity contribution >= 4 is 21.6 Å². The lowest BCUT2D eigenvalue weighted by atomic mass is 10.1. The molecule has 1 aliphatic rings. The molecular formula is C15H23ClN2O2S. The SMILES string of the molecule is CCN(C1CCCNCC1)S(=O)(=O)c1ccc(C)cc1Cl. The van der Waals surface area contributed by atoms with E-state index in [1.807, 2.05) is 13.8 Å². The molecule has 1 heterocycles. The van der Waals surface area contributed by atoms with Crippen molar-refractivity contribution in [3.8, 4) is 0 Å². The summed E-state index contributed by atoms with van der Waals surface area (Å²) in [5.74, 6) is 0. The van der Waals surface area contributed by atoms with Crippen LogP contribution >= 0.6 is 11.6 Å². The van der Waals surface area contributed by atoms with Crippen LogP contribution in [0.1, 0.15) is 31.7 Å². The van der Waals surface area contributed by atoms with E-state index in [4.69, 9.17) is 11.6 Å². The van der Waals surface area contributed by atoms with Crippen LogP contribution in [0.15, 0.2) is 23.1 Å². The van der Waals surface area contributed by atoms with Crippen molar-refractivity contribution in [1.29, 1.82) is 0 Å². The topological polar surface area (TPSA) is 49.4 Å². The zero-order valence-corrected chi connectivity index (χ0v) is 14.2. The van der Waals surface area contributed by atoms with Crippen LogP contribution in [0, 0.1) is 6.92 Å². The van der Waals surface area contributed by atoms with E-state index in [1.165, 1.54) is 0 Å². The first-order valence-electron chi connectivity index (χ1n) is 7.45. The van der Waals surface area contributed by atoms with Crippen molar-refractivity contribution in [2.24, 2.45) is 0 Å². The summed E-state index contributed by atoms with van der Waals surface area (Å²) in [5.41, 5.74) is 0.959. The number of rotatable bonds is 4. The smallest absolute Gasteiger partial charge is 0.244 e. The molecule has 0 aromatic heterocycles. The fourth-order valence-corrected chi connectivity index (χ4v) is 5.12. The third-order valence-electron chi connectivity index (χ3n) is 3.94. The first-order chi connectivity index (χ1) is 9.96. The Bertz CT molecular complexity index is 581. The molecule has 0 bridgehead atoms. The number of nitrogens with one attached hydrogen (secondary N) is 1. The lowest BCUT2D eigenvalue weighted by molar-refractivity contribution is 0.308. The van der Waals surface area contributed by atoms with Crippen LogP contribution in [0.2, 0.25) is 5.02 Å². The van der Waals surface area contributed by atoms with Crippen molar-refractivity contribution in [3.05, 3.63) is 28.8 Å². The van der Waals surface area contributed by atoms with Gasteiger partial charge in [0.25, 0.3) is 0 Å². The number of benzene rings is 1. The summed E-state index contributed by atoms with van der Waals surface area (Å²) in [5, 5.41) is 3.62. The molecule has 1 N–H and O–H groups in total. The number of sulfonamides is 1. The maximum atomic E-state index is 12.9. The molecule has 0 saturated carbocycles. The lowest BCUT2D eigenvalue weighted by Crippen LogP contribution is -2.40. The molecule has 0 amide bonds. The highest BCUT2D eigenvalue weighted by atomic mass is 35.5. The zero-order valence-electron chi connectivity index (χ0n) is 12.6. The Morgan fingerprint density at radius 3 is 2.76 bits per heavy atom. The van der Waals surface area contributed by atoms with Crippen LogP contribution in [-0.2, 0) is 10.0 Å². The minimum Gasteiger partial charge on any atom is -0.317 e. The summed E-state index contributed by atoms with van der Waals surface area (Å²) in [6.45, 7) is 6.07. The molecule has 1 saturated heterocycles. The van der Waals surface area contributed by atoms with Gasteiger partial charge in [-0.2, -0.15) is 4.31 Å². The van der Waals surface area contributed by atoms with E-state index in [-0.39, 0.29) is 10.9 Å². The van der Waals surface area contributed by atoms with E-state index in [2.05, 4.69) is 5.32 Å². The van der Waals surface area contributed by atoms with Crippen LogP contribution in [0.25, 0.3) is 0 Å². The maximum Gasteiger partial charge on any atom is 0.244 e. The molecule has 1 aromatic carbocycles. The van der Waals surface area contributed by atoms with E-state index >= 15 is 0 Å². The molecule has 118 valence electrons. The summed E-state index contributed by atoms with van der Waals surface area (Å²) in [6, 6.07) is 5.16. The van der Waals surface area contributed by atoms with Gasteiger partial charge in [-0.1, -0.05) is 24.6 Å². The summed E-state index contributed by atoms with van der Waals surface area (Å²) in [4.78, 5) is 0.217. The van der Waals surface area contributed by atoms with Crippen LogP contribution in [0.5, 0.6) is 0 Å². The van der Waals surface area contributed by atoms with Crippen LogP contribution in [0.4, 0.5) is 0 Å². The number of hydrogen-bond acceptors (Lipinski definition) is 3. The second kappa shape index (κ2) is 7.09. The van der Waals surface area contributed by atoms with E-state index in [9.17, 15) is 8.42 Å². The predicted molar refractivity (Wildman–Crippen MR) is 86.3 cm³/mol. The van der Waals surface area contributed by atoms with Gasteiger partial charge in [-0.15, -0.1) is 0 Å². The molecule has 1 fully saturated rings. The first-order valence-corrected chi connectivity index (χ1v) is 9.27. The van der Waals surface area contributed by atoms with Gasteiger partial charge >= 0.3 is 0 Å². The Kier molecular flexibility index (Phi) is 5.66. The predicted octanol–water partition coefficient (Wildman–Crippen LogP) is 2.80. The summed E-state index contributed by atoms with van der Waals surface area (Å²) in [6.07, 6.45) is 2.73. The fraction of sp³-hybridized carbons (Fsp3) is 0.600. The van der Waals surface area contributed by atoms with Crippen LogP contribution in [-0.4, -0.2) is 38.4 Å². The van der Waals surface area contributed by atoms with Crippen molar-refractivity contribution in [3.63, 3.8) is 0 Å². The largest absolute Gasteiger partial charge is 0.317 e. The number of aryl methyl sites for hydroxylation is 1. The highest BCUT2D eigenvalue weighted by Crippen LogP contribution is 2.28. The molecule has 6 heteroatoms. The molecule has 1 aromatic rings. The highest BCUT2D eigenvalue weighted by molar-refractivity contribution is 7.89. The van der Waals surface area contributed by atoms with Crippen molar-refractivity contribution < 1.29 is 8.42 Å². The van der Waals surface area contributed by atoms with Gasteiger partial charge in [-0.3, -0.25) is 0 Å². The maximum absolute atomic E-state index is 12.9.